The van der Waals surface area contributed by atoms with E-state index in [0.29, 0.717) is 17.4 Å². The van der Waals surface area contributed by atoms with Crippen LogP contribution in [0.3, 0.4) is 0 Å². The molecule has 1 saturated carbocycles. The van der Waals surface area contributed by atoms with Crippen molar-refractivity contribution in [2.45, 2.75) is 46.1 Å². The van der Waals surface area contributed by atoms with Gasteiger partial charge in [0.1, 0.15) is 0 Å². The van der Waals surface area contributed by atoms with Crippen LogP contribution in [-0.2, 0) is 11.3 Å². The molecule has 1 aromatic heterocycles. The van der Waals surface area contributed by atoms with E-state index < -0.39 is 0 Å². The number of carbonyl (C=O) groups excluding carboxylic acids is 1. The molecule has 0 bridgehead atoms. The summed E-state index contributed by atoms with van der Waals surface area (Å²) in [6.07, 6.45) is 7.37. The molecule has 104 valence electrons. The van der Waals surface area contributed by atoms with Crippen LogP contribution in [0.4, 0.5) is 0 Å². The highest BCUT2D eigenvalue weighted by Crippen LogP contribution is 2.38. The topological polar surface area (TPSA) is 54.9 Å². The maximum absolute atomic E-state index is 12.2. The number of nitrogens with one attached hydrogen (secondary N) is 1. The van der Waals surface area contributed by atoms with Gasteiger partial charge in [0.15, 0.2) is 5.15 Å². The van der Waals surface area contributed by atoms with Crippen molar-refractivity contribution in [2.75, 3.05) is 0 Å². The first-order valence-electron chi connectivity index (χ1n) is 6.71. The average Bonchev–Trinajstić information content (AvgIpc) is 2.36. The van der Waals surface area contributed by atoms with Gasteiger partial charge in [0.2, 0.25) is 5.91 Å². The minimum absolute atomic E-state index is 0.106. The molecule has 1 amide bonds. The molecule has 1 atom stereocenters. The second-order valence-corrected chi connectivity index (χ2v) is 6.33. The highest BCUT2D eigenvalue weighted by atomic mass is 35.5. The van der Waals surface area contributed by atoms with E-state index in [-0.39, 0.29) is 17.2 Å². The van der Waals surface area contributed by atoms with Crippen LogP contribution in [0, 0.1) is 11.3 Å². The Morgan fingerprint density at radius 2 is 2.21 bits per heavy atom. The molecule has 2 rings (SSSR count). The number of hydrogen-bond acceptors (Lipinski definition) is 3. The number of amides is 1. The van der Waals surface area contributed by atoms with Gasteiger partial charge in [-0.15, -0.1) is 0 Å². The Kier molecular flexibility index (Phi) is 4.40. The Morgan fingerprint density at radius 3 is 2.89 bits per heavy atom. The van der Waals surface area contributed by atoms with Gasteiger partial charge in [-0.2, -0.15) is 0 Å². The molecule has 0 radical (unpaired) electrons. The molecule has 0 aliphatic heterocycles. The Hall–Kier alpha value is -1.16. The van der Waals surface area contributed by atoms with Gasteiger partial charge in [-0.25, -0.2) is 4.98 Å². The van der Waals surface area contributed by atoms with E-state index in [1.165, 1.54) is 12.6 Å². The fourth-order valence-electron chi connectivity index (χ4n) is 2.71. The Morgan fingerprint density at radius 1 is 1.47 bits per heavy atom. The third kappa shape index (κ3) is 3.90. The predicted molar refractivity (Wildman–Crippen MR) is 74.6 cm³/mol. The van der Waals surface area contributed by atoms with Crippen molar-refractivity contribution in [3.63, 3.8) is 0 Å². The highest BCUT2D eigenvalue weighted by Gasteiger charge is 2.31. The molecule has 0 saturated heterocycles. The monoisotopic (exact) mass is 281 g/mol. The largest absolute Gasteiger partial charge is 0.350 e. The second kappa shape index (κ2) is 5.87. The lowest BCUT2D eigenvalue weighted by Gasteiger charge is -2.34. The number of carbonyl (C=O) groups is 1. The van der Waals surface area contributed by atoms with E-state index in [4.69, 9.17) is 11.6 Å². The maximum Gasteiger partial charge on any atom is 0.223 e. The predicted octanol–water partition coefficient (Wildman–Crippen LogP) is 2.96. The van der Waals surface area contributed by atoms with Crippen molar-refractivity contribution in [1.29, 1.82) is 0 Å². The van der Waals surface area contributed by atoms with Gasteiger partial charge in [0.25, 0.3) is 0 Å². The fourth-order valence-corrected chi connectivity index (χ4v) is 2.88. The minimum atomic E-state index is 0.106. The second-order valence-electron chi connectivity index (χ2n) is 5.97. The van der Waals surface area contributed by atoms with Crippen LogP contribution in [0.15, 0.2) is 12.4 Å². The van der Waals surface area contributed by atoms with E-state index in [9.17, 15) is 4.79 Å². The standard InChI is InChI=1S/C14H20ClN3O/c1-14(2)5-3-4-10(8-14)13(19)18-9-11-12(15)17-7-6-16-11/h6-7,10H,3-5,8-9H2,1-2H3,(H,18,19). The lowest BCUT2D eigenvalue weighted by molar-refractivity contribution is -0.127. The molecule has 1 unspecified atom stereocenters. The number of halogens is 1. The molecule has 0 spiro atoms. The summed E-state index contributed by atoms with van der Waals surface area (Å²) in [5.41, 5.74) is 0.886. The summed E-state index contributed by atoms with van der Waals surface area (Å²) < 4.78 is 0. The Balaban J connectivity index is 1.90. The summed E-state index contributed by atoms with van der Waals surface area (Å²) in [5, 5.41) is 3.27. The van der Waals surface area contributed by atoms with Gasteiger partial charge in [-0.1, -0.05) is 31.9 Å². The van der Waals surface area contributed by atoms with Crippen LogP contribution >= 0.6 is 11.6 Å². The van der Waals surface area contributed by atoms with Crippen molar-refractivity contribution in [2.24, 2.45) is 11.3 Å². The van der Waals surface area contributed by atoms with E-state index in [0.717, 1.165) is 19.3 Å². The molecule has 1 aromatic rings. The molecule has 1 aliphatic rings. The molecular formula is C14H20ClN3O. The van der Waals surface area contributed by atoms with Gasteiger partial charge in [0, 0.05) is 18.3 Å². The number of rotatable bonds is 3. The molecule has 19 heavy (non-hydrogen) atoms. The van der Waals surface area contributed by atoms with Crippen LogP contribution in [0.5, 0.6) is 0 Å². The van der Waals surface area contributed by atoms with Crippen LogP contribution in [0.1, 0.15) is 45.2 Å². The van der Waals surface area contributed by atoms with Gasteiger partial charge in [-0.3, -0.25) is 9.78 Å². The first-order chi connectivity index (χ1) is 8.98. The Bertz CT molecular complexity index is 462. The fraction of sp³-hybridized carbons (Fsp3) is 0.643. The number of hydrogen-bond donors (Lipinski definition) is 1. The molecule has 1 aliphatic carbocycles. The van der Waals surface area contributed by atoms with Crippen molar-refractivity contribution in [3.8, 4) is 0 Å². The minimum Gasteiger partial charge on any atom is -0.350 e. The average molecular weight is 282 g/mol. The summed E-state index contributed by atoms with van der Waals surface area (Å²) in [4.78, 5) is 20.2. The van der Waals surface area contributed by atoms with Gasteiger partial charge >= 0.3 is 0 Å². The van der Waals surface area contributed by atoms with Crippen molar-refractivity contribution < 1.29 is 4.79 Å². The lowest BCUT2D eigenvalue weighted by atomic mass is 9.72. The molecule has 1 heterocycles. The summed E-state index contributed by atoms with van der Waals surface area (Å²) in [7, 11) is 0. The normalized spacial score (nSPS) is 21.9. The third-order valence-corrected chi connectivity index (χ3v) is 4.04. The van der Waals surface area contributed by atoms with Gasteiger partial charge in [0.05, 0.1) is 12.2 Å². The molecule has 1 N–H and O–H groups in total. The molecule has 5 heteroatoms. The zero-order valence-electron chi connectivity index (χ0n) is 11.4. The number of aromatic nitrogens is 2. The van der Waals surface area contributed by atoms with Crippen molar-refractivity contribution in [3.05, 3.63) is 23.2 Å². The van der Waals surface area contributed by atoms with Gasteiger partial charge < -0.3 is 5.32 Å². The van der Waals surface area contributed by atoms with Crippen molar-refractivity contribution in [1.82, 2.24) is 15.3 Å². The molecule has 0 aromatic carbocycles. The third-order valence-electron chi connectivity index (χ3n) is 3.73. The van der Waals surface area contributed by atoms with E-state index in [2.05, 4.69) is 29.1 Å². The van der Waals surface area contributed by atoms with Gasteiger partial charge in [-0.05, 0) is 24.7 Å². The van der Waals surface area contributed by atoms with Crippen LogP contribution < -0.4 is 5.32 Å². The highest BCUT2D eigenvalue weighted by molar-refractivity contribution is 6.29. The Labute approximate surface area is 119 Å². The smallest absolute Gasteiger partial charge is 0.223 e. The lowest BCUT2D eigenvalue weighted by Crippen LogP contribution is -2.35. The van der Waals surface area contributed by atoms with E-state index in [1.54, 1.807) is 6.20 Å². The molecular weight excluding hydrogens is 262 g/mol. The first kappa shape index (κ1) is 14.3. The number of nitrogens with zero attached hydrogens (tertiary/aromatic N) is 2. The molecule has 1 fully saturated rings. The quantitative estimate of drug-likeness (QED) is 0.927. The SMILES string of the molecule is CC1(C)CCCC(C(=O)NCc2nccnc2Cl)C1. The zero-order valence-corrected chi connectivity index (χ0v) is 12.2. The zero-order chi connectivity index (χ0) is 13.9. The van der Waals surface area contributed by atoms with Crippen LogP contribution in [0.25, 0.3) is 0 Å². The summed E-state index contributed by atoms with van der Waals surface area (Å²) in [5.74, 6) is 0.216. The van der Waals surface area contributed by atoms with E-state index in [1.807, 2.05) is 0 Å². The summed E-state index contributed by atoms with van der Waals surface area (Å²) >= 11 is 5.91. The van der Waals surface area contributed by atoms with Crippen molar-refractivity contribution >= 4 is 17.5 Å². The van der Waals surface area contributed by atoms with Crippen LogP contribution in [-0.4, -0.2) is 15.9 Å². The van der Waals surface area contributed by atoms with E-state index >= 15 is 0 Å². The van der Waals surface area contributed by atoms with Crippen LogP contribution in [0.2, 0.25) is 5.15 Å². The molecule has 4 nitrogen and oxygen atoms in total. The maximum atomic E-state index is 12.2. The first-order valence-corrected chi connectivity index (χ1v) is 7.09. The summed E-state index contributed by atoms with van der Waals surface area (Å²) in [6.45, 7) is 4.81. The summed E-state index contributed by atoms with van der Waals surface area (Å²) in [6, 6.07) is 0.